The quantitative estimate of drug-likeness (QED) is 0.309. The number of fused-ring (bicyclic) bond motifs is 1. The van der Waals surface area contributed by atoms with Crippen LogP contribution in [0.4, 0.5) is 4.39 Å². The molecule has 5 rings (SSSR count). The molecule has 5 nitrogen and oxygen atoms in total. The Balaban J connectivity index is 1.48. The Kier molecular flexibility index (Phi) is 5.10. The Labute approximate surface area is 180 Å². The molecule has 0 unspecified atom stereocenters. The van der Waals surface area contributed by atoms with Crippen molar-refractivity contribution in [2.75, 3.05) is 0 Å². The maximum atomic E-state index is 13.5. The molecule has 4 aromatic heterocycles. The molecule has 0 saturated carbocycles. The number of halogens is 1. The van der Waals surface area contributed by atoms with Crippen LogP contribution in [-0.2, 0) is 12.3 Å². The molecule has 0 aliphatic heterocycles. The maximum Gasteiger partial charge on any atom is 0.236 e. The number of nitrogens with zero attached hydrogens (tertiary/aromatic N) is 4. The van der Waals surface area contributed by atoms with Crippen molar-refractivity contribution in [1.29, 1.82) is 0 Å². The van der Waals surface area contributed by atoms with Crippen molar-refractivity contribution in [3.8, 4) is 10.8 Å². The minimum atomic E-state index is -0.234. The van der Waals surface area contributed by atoms with E-state index in [1.54, 1.807) is 41.4 Å². The third kappa shape index (κ3) is 3.76. The largest absolute Gasteiger partial charge is 0.440 e. The number of thiophene rings is 1. The van der Waals surface area contributed by atoms with Crippen molar-refractivity contribution in [3.05, 3.63) is 82.9 Å². The fourth-order valence-corrected chi connectivity index (χ4v) is 4.79. The van der Waals surface area contributed by atoms with Crippen LogP contribution < -0.4 is 0 Å². The molecular weight excluding hydrogens is 419 g/mol. The third-order valence-corrected chi connectivity index (χ3v) is 6.56. The molecule has 0 aliphatic carbocycles. The van der Waals surface area contributed by atoms with Crippen LogP contribution in [0.25, 0.3) is 21.9 Å². The van der Waals surface area contributed by atoms with Gasteiger partial charge in [-0.3, -0.25) is 4.57 Å². The number of aryl methyl sites for hydroxylation is 1. The van der Waals surface area contributed by atoms with E-state index in [1.807, 2.05) is 47.2 Å². The van der Waals surface area contributed by atoms with Crippen LogP contribution in [0.3, 0.4) is 0 Å². The average molecular weight is 437 g/mol. The van der Waals surface area contributed by atoms with E-state index in [-0.39, 0.29) is 5.82 Å². The molecule has 0 saturated heterocycles. The summed E-state index contributed by atoms with van der Waals surface area (Å²) in [5, 5.41) is 2.82. The molecule has 150 valence electrons. The van der Waals surface area contributed by atoms with E-state index in [4.69, 9.17) is 14.4 Å². The zero-order valence-corrected chi connectivity index (χ0v) is 17.7. The van der Waals surface area contributed by atoms with Gasteiger partial charge in [-0.25, -0.2) is 19.3 Å². The van der Waals surface area contributed by atoms with Crippen LogP contribution in [0.5, 0.6) is 0 Å². The van der Waals surface area contributed by atoms with E-state index in [2.05, 4.69) is 4.98 Å². The number of rotatable bonds is 6. The van der Waals surface area contributed by atoms with E-state index in [9.17, 15) is 4.39 Å². The minimum absolute atomic E-state index is 0.234. The second-order valence-electron chi connectivity index (χ2n) is 6.74. The van der Waals surface area contributed by atoms with Gasteiger partial charge < -0.3 is 4.42 Å². The van der Waals surface area contributed by atoms with Gasteiger partial charge in [-0.15, -0.1) is 11.3 Å². The van der Waals surface area contributed by atoms with Crippen LogP contribution in [0, 0.1) is 12.7 Å². The smallest absolute Gasteiger partial charge is 0.236 e. The summed E-state index contributed by atoms with van der Waals surface area (Å²) in [6.45, 7) is 2.42. The molecule has 0 atom stereocenters. The van der Waals surface area contributed by atoms with Gasteiger partial charge in [0.15, 0.2) is 10.8 Å². The lowest BCUT2D eigenvalue weighted by Gasteiger charge is -2.07. The molecule has 0 aliphatic rings. The fraction of sp³-hybridized carbons (Fsp3) is 0.136. The van der Waals surface area contributed by atoms with Crippen molar-refractivity contribution in [2.45, 2.75) is 24.4 Å². The standard InChI is InChI=1S/C22H17FN4OS2/c1-14-18(25-21(28-14)19-8-4-10-29-19)12-27-20-17(7-3-9-24-20)26-22(27)30-13-15-5-2-6-16(23)11-15/h2-11H,12-13H2,1H3. The van der Waals surface area contributed by atoms with Crippen molar-refractivity contribution in [1.82, 2.24) is 19.5 Å². The second kappa shape index (κ2) is 8.04. The number of imidazole rings is 1. The summed E-state index contributed by atoms with van der Waals surface area (Å²) in [4.78, 5) is 15.0. The highest BCUT2D eigenvalue weighted by atomic mass is 32.2. The normalized spacial score (nSPS) is 11.4. The minimum Gasteiger partial charge on any atom is -0.440 e. The number of pyridine rings is 1. The van der Waals surface area contributed by atoms with E-state index in [0.717, 1.165) is 38.2 Å². The van der Waals surface area contributed by atoms with Crippen molar-refractivity contribution >= 4 is 34.3 Å². The van der Waals surface area contributed by atoms with Crippen molar-refractivity contribution < 1.29 is 8.81 Å². The third-order valence-electron chi connectivity index (χ3n) is 4.66. The summed E-state index contributed by atoms with van der Waals surface area (Å²) in [6, 6.07) is 14.4. The summed E-state index contributed by atoms with van der Waals surface area (Å²) in [5.41, 5.74) is 3.36. The molecular formula is C22H17FN4OS2. The molecule has 0 N–H and O–H groups in total. The molecule has 1 aromatic carbocycles. The monoisotopic (exact) mass is 436 g/mol. The highest BCUT2D eigenvalue weighted by Crippen LogP contribution is 2.30. The van der Waals surface area contributed by atoms with Gasteiger partial charge in [0.1, 0.15) is 22.8 Å². The van der Waals surface area contributed by atoms with Gasteiger partial charge in [0.2, 0.25) is 5.89 Å². The predicted octanol–water partition coefficient (Wildman–Crippen LogP) is 5.94. The summed E-state index contributed by atoms with van der Waals surface area (Å²) < 4.78 is 21.5. The lowest BCUT2D eigenvalue weighted by Crippen LogP contribution is -2.04. The van der Waals surface area contributed by atoms with E-state index >= 15 is 0 Å². The molecule has 30 heavy (non-hydrogen) atoms. The van der Waals surface area contributed by atoms with Crippen LogP contribution in [0.15, 0.2) is 69.7 Å². The van der Waals surface area contributed by atoms with Gasteiger partial charge in [-0.1, -0.05) is 30.0 Å². The zero-order valence-electron chi connectivity index (χ0n) is 16.1. The first-order valence-electron chi connectivity index (χ1n) is 9.36. The van der Waals surface area contributed by atoms with Gasteiger partial charge in [0.25, 0.3) is 0 Å². The Morgan fingerprint density at radius 1 is 1.13 bits per heavy atom. The Bertz CT molecular complexity index is 1310. The summed E-state index contributed by atoms with van der Waals surface area (Å²) in [6.07, 6.45) is 1.76. The highest BCUT2D eigenvalue weighted by molar-refractivity contribution is 7.98. The van der Waals surface area contributed by atoms with Gasteiger partial charge in [0, 0.05) is 11.9 Å². The molecule has 0 bridgehead atoms. The lowest BCUT2D eigenvalue weighted by molar-refractivity contribution is 0.538. The highest BCUT2D eigenvalue weighted by Gasteiger charge is 2.18. The maximum absolute atomic E-state index is 13.5. The number of hydrogen-bond donors (Lipinski definition) is 0. The molecule has 0 radical (unpaired) electrons. The predicted molar refractivity (Wildman–Crippen MR) is 117 cm³/mol. The molecule has 0 spiro atoms. The van der Waals surface area contributed by atoms with Crippen LogP contribution in [-0.4, -0.2) is 19.5 Å². The van der Waals surface area contributed by atoms with Crippen molar-refractivity contribution in [2.24, 2.45) is 0 Å². The van der Waals surface area contributed by atoms with E-state index in [0.29, 0.717) is 18.2 Å². The fourth-order valence-electron chi connectivity index (χ4n) is 3.20. The molecule has 0 fully saturated rings. The van der Waals surface area contributed by atoms with Crippen molar-refractivity contribution in [3.63, 3.8) is 0 Å². The SMILES string of the molecule is Cc1oc(-c2cccs2)nc1Cn1c(SCc2cccc(F)c2)nc2cccnc21. The summed E-state index contributed by atoms with van der Waals surface area (Å²) in [7, 11) is 0. The number of benzene rings is 1. The van der Waals surface area contributed by atoms with E-state index < -0.39 is 0 Å². The number of hydrogen-bond acceptors (Lipinski definition) is 6. The number of thioether (sulfide) groups is 1. The first kappa shape index (κ1) is 19.0. The van der Waals surface area contributed by atoms with Crippen LogP contribution >= 0.6 is 23.1 Å². The Morgan fingerprint density at radius 2 is 2.07 bits per heavy atom. The Morgan fingerprint density at radius 3 is 2.90 bits per heavy atom. The van der Waals surface area contributed by atoms with Gasteiger partial charge >= 0.3 is 0 Å². The van der Waals surface area contributed by atoms with Gasteiger partial charge in [-0.2, -0.15) is 0 Å². The van der Waals surface area contributed by atoms with Gasteiger partial charge in [0.05, 0.1) is 11.4 Å². The molecule has 0 amide bonds. The molecule has 8 heteroatoms. The lowest BCUT2D eigenvalue weighted by atomic mass is 10.2. The summed E-state index contributed by atoms with van der Waals surface area (Å²) in [5.74, 6) is 1.78. The van der Waals surface area contributed by atoms with Crippen LogP contribution in [0.2, 0.25) is 0 Å². The molecule has 4 heterocycles. The molecule has 5 aromatic rings. The second-order valence-corrected chi connectivity index (χ2v) is 8.63. The number of oxazole rings is 1. The number of aromatic nitrogens is 4. The Hall–Kier alpha value is -2.97. The van der Waals surface area contributed by atoms with Gasteiger partial charge in [-0.05, 0) is 48.2 Å². The summed E-state index contributed by atoms with van der Waals surface area (Å²) >= 11 is 3.15. The topological polar surface area (TPSA) is 56.7 Å². The van der Waals surface area contributed by atoms with E-state index in [1.165, 1.54) is 6.07 Å². The first-order valence-corrected chi connectivity index (χ1v) is 11.2. The zero-order chi connectivity index (χ0) is 20.5. The first-order chi connectivity index (χ1) is 14.7. The van der Waals surface area contributed by atoms with Crippen LogP contribution in [0.1, 0.15) is 17.0 Å². The average Bonchev–Trinajstić information content (AvgIpc) is 3.47.